The lowest BCUT2D eigenvalue weighted by molar-refractivity contribution is -0.135. The van der Waals surface area contributed by atoms with E-state index in [1.54, 1.807) is 0 Å². The van der Waals surface area contributed by atoms with Gasteiger partial charge in [0.15, 0.2) is 0 Å². The highest BCUT2D eigenvalue weighted by molar-refractivity contribution is 9.10. The third-order valence-corrected chi connectivity index (χ3v) is 3.28. The molecule has 0 spiro atoms. The maximum atomic E-state index is 5.64. The molecule has 2 aromatic rings. The Morgan fingerprint density at radius 1 is 1.29 bits per heavy atom. The molecule has 1 aromatic carbocycles. The van der Waals surface area contributed by atoms with Gasteiger partial charge in [0.1, 0.15) is 6.10 Å². The molecule has 88 valence electrons. The van der Waals surface area contributed by atoms with E-state index in [2.05, 4.69) is 33.0 Å². The van der Waals surface area contributed by atoms with Crippen LogP contribution in [0.3, 0.4) is 0 Å². The summed E-state index contributed by atoms with van der Waals surface area (Å²) in [7, 11) is 0. The number of ether oxygens (including phenoxy) is 2. The van der Waals surface area contributed by atoms with E-state index >= 15 is 0 Å². The van der Waals surface area contributed by atoms with Gasteiger partial charge in [-0.2, -0.15) is 0 Å². The minimum absolute atomic E-state index is 0.248. The smallest absolute Gasteiger partial charge is 0.105 e. The first-order valence-corrected chi connectivity index (χ1v) is 6.35. The third-order valence-electron chi connectivity index (χ3n) is 2.78. The first-order chi connectivity index (χ1) is 8.31. The molecule has 0 unspecified atom stereocenters. The largest absolute Gasteiger partial charge is 0.376 e. The minimum Gasteiger partial charge on any atom is -0.376 e. The summed E-state index contributed by atoms with van der Waals surface area (Å²) in [6.07, 6.45) is 0.248. The quantitative estimate of drug-likeness (QED) is 0.872. The van der Waals surface area contributed by atoms with Crippen LogP contribution in [0.25, 0.3) is 10.9 Å². The molecule has 1 aliphatic rings. The van der Waals surface area contributed by atoms with Gasteiger partial charge in [-0.15, -0.1) is 0 Å². The van der Waals surface area contributed by atoms with Crippen molar-refractivity contribution in [1.82, 2.24) is 4.98 Å². The number of rotatable bonds is 3. The number of aromatic nitrogens is 1. The predicted molar refractivity (Wildman–Crippen MR) is 68.8 cm³/mol. The molecule has 1 aliphatic heterocycles. The number of hydrogen-bond acceptors (Lipinski definition) is 3. The van der Waals surface area contributed by atoms with Gasteiger partial charge in [-0.3, -0.25) is 4.98 Å². The van der Waals surface area contributed by atoms with Gasteiger partial charge in [-0.1, -0.05) is 22.0 Å². The third kappa shape index (κ3) is 2.49. The van der Waals surface area contributed by atoms with Crippen molar-refractivity contribution < 1.29 is 9.47 Å². The van der Waals surface area contributed by atoms with Crippen LogP contribution in [0.2, 0.25) is 0 Å². The Morgan fingerprint density at radius 3 is 2.94 bits per heavy atom. The predicted octanol–water partition coefficient (Wildman–Crippen LogP) is 2.91. The fourth-order valence-electron chi connectivity index (χ4n) is 1.73. The lowest BCUT2D eigenvalue weighted by Crippen LogP contribution is -2.35. The lowest BCUT2D eigenvalue weighted by atomic mass is 10.2. The van der Waals surface area contributed by atoms with Gasteiger partial charge in [-0.25, -0.2) is 0 Å². The summed E-state index contributed by atoms with van der Waals surface area (Å²) in [5.41, 5.74) is 1.96. The fourth-order valence-corrected chi connectivity index (χ4v) is 2.11. The van der Waals surface area contributed by atoms with Gasteiger partial charge in [-0.05, 0) is 24.3 Å². The molecule has 0 radical (unpaired) electrons. The van der Waals surface area contributed by atoms with Crippen molar-refractivity contribution in [2.75, 3.05) is 13.2 Å². The molecule has 1 saturated heterocycles. The molecule has 1 fully saturated rings. The van der Waals surface area contributed by atoms with E-state index < -0.39 is 0 Å². The maximum Gasteiger partial charge on any atom is 0.105 e. The Kier molecular flexibility index (Phi) is 3.09. The number of halogens is 1. The van der Waals surface area contributed by atoms with Gasteiger partial charge >= 0.3 is 0 Å². The molecule has 3 rings (SSSR count). The van der Waals surface area contributed by atoms with Gasteiger partial charge in [0.2, 0.25) is 0 Å². The Morgan fingerprint density at radius 2 is 2.18 bits per heavy atom. The van der Waals surface area contributed by atoms with E-state index in [0.29, 0.717) is 19.8 Å². The van der Waals surface area contributed by atoms with E-state index in [-0.39, 0.29) is 6.10 Å². The summed E-state index contributed by atoms with van der Waals surface area (Å²) in [6.45, 7) is 1.97. The Labute approximate surface area is 108 Å². The molecule has 1 aromatic heterocycles. The van der Waals surface area contributed by atoms with Crippen LogP contribution in [0.15, 0.2) is 34.8 Å². The van der Waals surface area contributed by atoms with Gasteiger partial charge in [0, 0.05) is 9.86 Å². The highest BCUT2D eigenvalue weighted by Crippen LogP contribution is 2.19. The van der Waals surface area contributed by atoms with E-state index in [9.17, 15) is 0 Å². The van der Waals surface area contributed by atoms with Crippen LogP contribution in [0, 0.1) is 0 Å². The van der Waals surface area contributed by atoms with Crippen LogP contribution >= 0.6 is 15.9 Å². The molecule has 0 N–H and O–H groups in total. The van der Waals surface area contributed by atoms with Crippen molar-refractivity contribution in [1.29, 1.82) is 0 Å². The second-order valence-electron chi connectivity index (χ2n) is 4.11. The van der Waals surface area contributed by atoms with Crippen molar-refractivity contribution in [2.45, 2.75) is 12.7 Å². The Hall–Kier alpha value is -0.970. The van der Waals surface area contributed by atoms with Gasteiger partial charge < -0.3 is 9.47 Å². The van der Waals surface area contributed by atoms with Crippen molar-refractivity contribution in [3.05, 3.63) is 40.5 Å². The normalized spacial score (nSPS) is 16.1. The summed E-state index contributed by atoms with van der Waals surface area (Å²) in [5, 5.41) is 1.13. The summed E-state index contributed by atoms with van der Waals surface area (Å²) in [6, 6.07) is 10.2. The fraction of sp³-hybridized carbons (Fsp3) is 0.308. The molecule has 3 nitrogen and oxygen atoms in total. The topological polar surface area (TPSA) is 31.4 Å². The van der Waals surface area contributed by atoms with Crippen LogP contribution in [-0.2, 0) is 16.1 Å². The van der Waals surface area contributed by atoms with Crippen LogP contribution in [-0.4, -0.2) is 24.3 Å². The van der Waals surface area contributed by atoms with E-state index in [4.69, 9.17) is 9.47 Å². The molecule has 0 atom stereocenters. The highest BCUT2D eigenvalue weighted by Gasteiger charge is 2.18. The number of fused-ring (bicyclic) bond motifs is 1. The molecule has 0 amide bonds. The average Bonchev–Trinajstić information content (AvgIpc) is 2.27. The molecular weight excluding hydrogens is 282 g/mol. The zero-order valence-electron chi connectivity index (χ0n) is 9.23. The first kappa shape index (κ1) is 11.1. The second-order valence-corrected chi connectivity index (χ2v) is 5.03. The zero-order valence-corrected chi connectivity index (χ0v) is 10.8. The van der Waals surface area contributed by atoms with Gasteiger partial charge in [0.05, 0.1) is 31.0 Å². The molecule has 0 saturated carbocycles. The second kappa shape index (κ2) is 4.72. The van der Waals surface area contributed by atoms with Crippen molar-refractivity contribution >= 4 is 26.8 Å². The average molecular weight is 294 g/mol. The number of nitrogens with zero attached hydrogens (tertiary/aromatic N) is 1. The van der Waals surface area contributed by atoms with Crippen LogP contribution in [0.5, 0.6) is 0 Å². The van der Waals surface area contributed by atoms with Crippen molar-refractivity contribution in [3.63, 3.8) is 0 Å². The summed E-state index contributed by atoms with van der Waals surface area (Å²) in [5.74, 6) is 0. The first-order valence-electron chi connectivity index (χ1n) is 5.56. The number of hydrogen-bond donors (Lipinski definition) is 0. The standard InChI is InChI=1S/C13H12BrNO2/c14-10-2-4-13-9(5-10)1-3-11(15-13)6-17-12-7-16-8-12/h1-5,12H,6-8H2. The molecule has 17 heavy (non-hydrogen) atoms. The van der Waals surface area contributed by atoms with E-state index in [1.807, 2.05) is 18.2 Å². The number of benzene rings is 1. The Balaban J connectivity index is 1.78. The van der Waals surface area contributed by atoms with Gasteiger partial charge in [0.25, 0.3) is 0 Å². The van der Waals surface area contributed by atoms with Crippen molar-refractivity contribution in [2.24, 2.45) is 0 Å². The van der Waals surface area contributed by atoms with Crippen LogP contribution < -0.4 is 0 Å². The lowest BCUT2D eigenvalue weighted by Gasteiger charge is -2.25. The molecular formula is C13H12BrNO2. The number of pyridine rings is 1. The molecule has 0 aliphatic carbocycles. The maximum absolute atomic E-state index is 5.64. The highest BCUT2D eigenvalue weighted by atomic mass is 79.9. The van der Waals surface area contributed by atoms with Crippen LogP contribution in [0.1, 0.15) is 5.69 Å². The molecule has 4 heteroatoms. The summed E-state index contributed by atoms with van der Waals surface area (Å²) < 4.78 is 11.8. The molecule has 2 heterocycles. The van der Waals surface area contributed by atoms with E-state index in [0.717, 1.165) is 21.1 Å². The minimum atomic E-state index is 0.248. The van der Waals surface area contributed by atoms with Crippen LogP contribution in [0.4, 0.5) is 0 Å². The summed E-state index contributed by atoms with van der Waals surface area (Å²) >= 11 is 3.45. The molecule has 0 bridgehead atoms. The van der Waals surface area contributed by atoms with E-state index in [1.165, 1.54) is 0 Å². The summed E-state index contributed by atoms with van der Waals surface area (Å²) in [4.78, 5) is 4.56. The van der Waals surface area contributed by atoms with Crippen molar-refractivity contribution in [3.8, 4) is 0 Å². The Bertz CT molecular complexity index is 540. The monoisotopic (exact) mass is 293 g/mol. The SMILES string of the molecule is Brc1ccc2nc(COC3COC3)ccc2c1. The zero-order chi connectivity index (χ0) is 11.7.